The van der Waals surface area contributed by atoms with Crippen LogP contribution in [0.1, 0.15) is 28.3 Å². The quantitative estimate of drug-likeness (QED) is 0.622. The molecule has 1 atom stereocenters. The summed E-state index contributed by atoms with van der Waals surface area (Å²) in [6, 6.07) is 21.1. The second-order valence-electron chi connectivity index (χ2n) is 5.41. The molecule has 0 saturated carbocycles. The molecule has 0 aliphatic heterocycles. The average Bonchev–Trinajstić information content (AvgIpc) is 2.91. The molecule has 2 heteroatoms. The molecule has 0 fully saturated rings. The second kappa shape index (κ2) is 6.23. The lowest BCUT2D eigenvalue weighted by Gasteiger charge is -2.07. The van der Waals surface area contributed by atoms with Crippen LogP contribution in [-0.4, -0.2) is 4.98 Å². The van der Waals surface area contributed by atoms with Crippen molar-refractivity contribution >= 4 is 11.3 Å². The maximum Gasteiger partial charge on any atom is 0.0966 e. The normalized spacial score (nSPS) is 12.3. The molecule has 1 aromatic heterocycles. The van der Waals surface area contributed by atoms with Crippen molar-refractivity contribution in [3.63, 3.8) is 0 Å². The zero-order chi connectivity index (χ0) is 14.7. The highest BCUT2D eigenvalue weighted by Gasteiger charge is 2.15. The van der Waals surface area contributed by atoms with Crippen LogP contribution in [0.2, 0.25) is 0 Å². The molecule has 3 aromatic rings. The second-order valence-corrected chi connectivity index (χ2v) is 6.65. The third-order valence-corrected chi connectivity index (χ3v) is 4.87. The summed E-state index contributed by atoms with van der Waals surface area (Å²) in [7, 11) is 0. The van der Waals surface area contributed by atoms with E-state index in [1.165, 1.54) is 21.0 Å². The molecule has 21 heavy (non-hydrogen) atoms. The third-order valence-electron chi connectivity index (χ3n) is 3.67. The summed E-state index contributed by atoms with van der Waals surface area (Å²) in [4.78, 5) is 6.20. The molecule has 1 heterocycles. The Kier molecular flexibility index (Phi) is 4.16. The summed E-state index contributed by atoms with van der Waals surface area (Å²) in [5.41, 5.74) is 3.72. The van der Waals surface area contributed by atoms with Gasteiger partial charge < -0.3 is 0 Å². The van der Waals surface area contributed by atoms with Crippen molar-refractivity contribution in [2.45, 2.75) is 26.2 Å². The van der Waals surface area contributed by atoms with Crippen molar-refractivity contribution in [3.8, 4) is 11.3 Å². The SMILES string of the molecule is Cc1sc(C(C)Cc2ccccc2)nc1-c1ccccc1. The molecule has 0 radical (unpaired) electrons. The summed E-state index contributed by atoms with van der Waals surface area (Å²) in [6.45, 7) is 4.43. The van der Waals surface area contributed by atoms with Crippen LogP contribution in [0, 0.1) is 6.92 Å². The molecule has 0 bridgehead atoms. The van der Waals surface area contributed by atoms with Crippen molar-refractivity contribution in [1.29, 1.82) is 0 Å². The van der Waals surface area contributed by atoms with Gasteiger partial charge in [-0.2, -0.15) is 0 Å². The van der Waals surface area contributed by atoms with Crippen LogP contribution in [0.25, 0.3) is 11.3 Å². The first kappa shape index (κ1) is 14.0. The van der Waals surface area contributed by atoms with Gasteiger partial charge in [-0.15, -0.1) is 11.3 Å². The van der Waals surface area contributed by atoms with Crippen LogP contribution in [0.4, 0.5) is 0 Å². The van der Waals surface area contributed by atoms with Gasteiger partial charge in [-0.3, -0.25) is 0 Å². The smallest absolute Gasteiger partial charge is 0.0966 e. The first-order chi connectivity index (χ1) is 10.2. The van der Waals surface area contributed by atoms with Crippen LogP contribution in [0.3, 0.4) is 0 Å². The zero-order valence-corrected chi connectivity index (χ0v) is 13.2. The Morgan fingerprint density at radius 2 is 1.57 bits per heavy atom. The van der Waals surface area contributed by atoms with Gasteiger partial charge in [0, 0.05) is 16.4 Å². The van der Waals surface area contributed by atoms with Crippen molar-refractivity contribution in [2.75, 3.05) is 0 Å². The highest BCUT2D eigenvalue weighted by Crippen LogP contribution is 2.32. The maximum atomic E-state index is 4.89. The van der Waals surface area contributed by atoms with Gasteiger partial charge in [-0.1, -0.05) is 67.6 Å². The number of hydrogen-bond donors (Lipinski definition) is 0. The molecule has 0 aliphatic carbocycles. The fourth-order valence-electron chi connectivity index (χ4n) is 2.55. The van der Waals surface area contributed by atoms with E-state index in [9.17, 15) is 0 Å². The predicted molar refractivity (Wildman–Crippen MR) is 90.8 cm³/mol. The minimum absolute atomic E-state index is 0.452. The Bertz CT molecular complexity index is 701. The molecular weight excluding hydrogens is 274 g/mol. The van der Waals surface area contributed by atoms with Crippen molar-refractivity contribution in [1.82, 2.24) is 4.98 Å². The number of benzene rings is 2. The summed E-state index contributed by atoms with van der Waals surface area (Å²) < 4.78 is 0. The summed E-state index contributed by atoms with van der Waals surface area (Å²) in [6.07, 6.45) is 1.04. The Hall–Kier alpha value is -1.93. The van der Waals surface area contributed by atoms with E-state index in [-0.39, 0.29) is 0 Å². The van der Waals surface area contributed by atoms with Gasteiger partial charge in [0.15, 0.2) is 0 Å². The molecule has 106 valence electrons. The first-order valence-corrected chi connectivity index (χ1v) is 8.12. The maximum absolute atomic E-state index is 4.89. The highest BCUT2D eigenvalue weighted by atomic mass is 32.1. The average molecular weight is 293 g/mol. The lowest BCUT2D eigenvalue weighted by atomic mass is 10.0. The first-order valence-electron chi connectivity index (χ1n) is 7.30. The monoisotopic (exact) mass is 293 g/mol. The van der Waals surface area contributed by atoms with Gasteiger partial charge >= 0.3 is 0 Å². The molecule has 0 spiro atoms. The van der Waals surface area contributed by atoms with Gasteiger partial charge in [0.2, 0.25) is 0 Å². The highest BCUT2D eigenvalue weighted by molar-refractivity contribution is 7.12. The molecule has 1 nitrogen and oxygen atoms in total. The van der Waals surface area contributed by atoms with E-state index in [2.05, 4.69) is 68.4 Å². The van der Waals surface area contributed by atoms with Crippen LogP contribution in [0.15, 0.2) is 60.7 Å². The number of hydrogen-bond acceptors (Lipinski definition) is 2. The minimum atomic E-state index is 0.452. The fourth-order valence-corrected chi connectivity index (χ4v) is 3.54. The van der Waals surface area contributed by atoms with Crippen LogP contribution < -0.4 is 0 Å². The molecule has 0 N–H and O–H groups in total. The Labute approximate surface area is 130 Å². The third kappa shape index (κ3) is 3.22. The zero-order valence-electron chi connectivity index (χ0n) is 12.4. The van der Waals surface area contributed by atoms with Gasteiger partial charge in [-0.25, -0.2) is 4.98 Å². The predicted octanol–water partition coefficient (Wildman–Crippen LogP) is 5.46. The van der Waals surface area contributed by atoms with Gasteiger partial charge in [0.05, 0.1) is 10.7 Å². The Morgan fingerprint density at radius 3 is 2.24 bits per heavy atom. The molecule has 3 rings (SSSR count). The van der Waals surface area contributed by atoms with Crippen LogP contribution in [-0.2, 0) is 6.42 Å². The lowest BCUT2D eigenvalue weighted by Crippen LogP contribution is -1.97. The lowest BCUT2D eigenvalue weighted by molar-refractivity contribution is 0.752. The van der Waals surface area contributed by atoms with Crippen LogP contribution in [0.5, 0.6) is 0 Å². The van der Waals surface area contributed by atoms with Crippen molar-refractivity contribution in [3.05, 3.63) is 76.1 Å². The van der Waals surface area contributed by atoms with E-state index < -0.39 is 0 Å². The van der Waals surface area contributed by atoms with Gasteiger partial charge in [0.25, 0.3) is 0 Å². The molecule has 0 aliphatic rings. The number of nitrogens with zero attached hydrogens (tertiary/aromatic N) is 1. The van der Waals surface area contributed by atoms with E-state index >= 15 is 0 Å². The van der Waals surface area contributed by atoms with E-state index in [0.29, 0.717) is 5.92 Å². The van der Waals surface area contributed by atoms with Gasteiger partial charge in [-0.05, 0) is 18.9 Å². The summed E-state index contributed by atoms with van der Waals surface area (Å²) >= 11 is 1.83. The number of aryl methyl sites for hydroxylation is 1. The Morgan fingerprint density at radius 1 is 0.952 bits per heavy atom. The molecule has 0 amide bonds. The largest absolute Gasteiger partial charge is 0.241 e. The summed E-state index contributed by atoms with van der Waals surface area (Å²) in [5.74, 6) is 0.452. The van der Waals surface area contributed by atoms with Crippen molar-refractivity contribution < 1.29 is 0 Å². The van der Waals surface area contributed by atoms with E-state index in [1.54, 1.807) is 0 Å². The molecule has 2 aromatic carbocycles. The molecule has 0 saturated heterocycles. The molecule has 1 unspecified atom stereocenters. The summed E-state index contributed by atoms with van der Waals surface area (Å²) in [5, 5.41) is 1.23. The minimum Gasteiger partial charge on any atom is -0.241 e. The number of rotatable bonds is 4. The van der Waals surface area contributed by atoms with Crippen molar-refractivity contribution in [2.24, 2.45) is 0 Å². The van der Waals surface area contributed by atoms with Gasteiger partial charge in [0.1, 0.15) is 0 Å². The van der Waals surface area contributed by atoms with E-state index in [4.69, 9.17) is 4.98 Å². The van der Waals surface area contributed by atoms with E-state index in [0.717, 1.165) is 12.1 Å². The topological polar surface area (TPSA) is 12.9 Å². The standard InChI is InChI=1S/C19H19NS/c1-14(13-16-9-5-3-6-10-16)19-20-18(15(2)21-19)17-11-7-4-8-12-17/h3-12,14H,13H2,1-2H3. The van der Waals surface area contributed by atoms with Crippen LogP contribution >= 0.6 is 11.3 Å². The fraction of sp³-hybridized carbons (Fsp3) is 0.211. The number of aromatic nitrogens is 1. The number of thiazole rings is 1. The molecular formula is C19H19NS. The van der Waals surface area contributed by atoms with E-state index in [1.807, 2.05) is 17.4 Å². The Balaban J connectivity index is 1.84.